The van der Waals surface area contributed by atoms with Gasteiger partial charge in [-0.15, -0.1) is 0 Å². The summed E-state index contributed by atoms with van der Waals surface area (Å²) in [6, 6.07) is 16.8. The third-order valence-electron chi connectivity index (χ3n) is 2.91. The van der Waals surface area contributed by atoms with Crippen molar-refractivity contribution in [2.24, 2.45) is 0 Å². The van der Waals surface area contributed by atoms with Crippen LogP contribution in [0.4, 0.5) is 0 Å². The van der Waals surface area contributed by atoms with Crippen LogP contribution in [0.15, 0.2) is 59.5 Å². The lowest BCUT2D eigenvalue weighted by Crippen LogP contribution is -1.99. The predicted molar refractivity (Wildman–Crippen MR) is 73.2 cm³/mol. The number of hydrogen-bond donors (Lipinski definition) is 0. The summed E-state index contributed by atoms with van der Waals surface area (Å²) in [7, 11) is -3.13. The largest absolute Gasteiger partial charge is 0.224 e. The molecule has 0 amide bonds. The third kappa shape index (κ3) is 2.79. The van der Waals surface area contributed by atoms with Crippen molar-refractivity contribution in [1.29, 1.82) is 0 Å². The Hall–Kier alpha value is -1.61. The van der Waals surface area contributed by atoms with Crippen LogP contribution in [0.5, 0.6) is 0 Å². The fourth-order valence-electron chi connectivity index (χ4n) is 1.83. The maximum absolute atomic E-state index is 11.4. The Labute approximate surface area is 108 Å². The van der Waals surface area contributed by atoms with E-state index in [0.29, 0.717) is 4.90 Å². The molecule has 2 aromatic rings. The maximum Gasteiger partial charge on any atom is 0.175 e. The van der Waals surface area contributed by atoms with Gasteiger partial charge in [-0.05, 0) is 30.2 Å². The van der Waals surface area contributed by atoms with Gasteiger partial charge < -0.3 is 0 Å². The highest BCUT2D eigenvalue weighted by Crippen LogP contribution is 2.24. The summed E-state index contributed by atoms with van der Waals surface area (Å²) in [4.78, 5) is 0.339. The van der Waals surface area contributed by atoms with Crippen LogP contribution in [0.25, 0.3) is 0 Å². The van der Waals surface area contributed by atoms with Gasteiger partial charge in [0.15, 0.2) is 9.84 Å². The monoisotopic (exact) mass is 259 g/mol. The molecule has 0 N–H and O–H groups in total. The molecule has 0 bridgehead atoms. The average Bonchev–Trinajstić information content (AvgIpc) is 2.38. The molecule has 18 heavy (non-hydrogen) atoms. The quantitative estimate of drug-likeness (QED) is 0.849. The van der Waals surface area contributed by atoms with Crippen LogP contribution in [0.1, 0.15) is 17.0 Å². The van der Waals surface area contributed by atoms with E-state index in [0.717, 1.165) is 11.1 Å². The van der Waals surface area contributed by atoms with Gasteiger partial charge in [-0.2, -0.15) is 0 Å². The molecule has 3 heteroatoms. The molecular formula is C15H15O2S. The molecule has 0 aliphatic rings. The standard InChI is InChI=1S/C15H15O2S/c1-12(13-6-4-3-5-7-13)14-8-10-15(11-9-14)18(2,16)17/h3-12H,1H2,2H3. The second-order valence-corrected chi connectivity index (χ2v) is 6.32. The first-order chi connectivity index (χ1) is 8.48. The fourth-order valence-corrected chi connectivity index (χ4v) is 2.46. The van der Waals surface area contributed by atoms with Gasteiger partial charge in [-0.3, -0.25) is 0 Å². The molecule has 1 radical (unpaired) electrons. The minimum atomic E-state index is -3.13. The number of rotatable bonds is 3. The van der Waals surface area contributed by atoms with E-state index in [-0.39, 0.29) is 5.92 Å². The first-order valence-electron chi connectivity index (χ1n) is 5.66. The minimum absolute atomic E-state index is 0.0137. The topological polar surface area (TPSA) is 34.1 Å². The molecule has 1 atom stereocenters. The van der Waals surface area contributed by atoms with Crippen LogP contribution in [0.2, 0.25) is 0 Å². The Kier molecular flexibility index (Phi) is 3.53. The van der Waals surface area contributed by atoms with Crippen LogP contribution in [-0.2, 0) is 9.84 Å². The lowest BCUT2D eigenvalue weighted by Gasteiger charge is -2.12. The van der Waals surface area contributed by atoms with Crippen LogP contribution in [0.3, 0.4) is 0 Å². The molecule has 0 heterocycles. The van der Waals surface area contributed by atoms with Crippen LogP contribution in [-0.4, -0.2) is 14.7 Å². The number of hydrogen-bond acceptors (Lipinski definition) is 2. The van der Waals surface area contributed by atoms with Crippen LogP contribution in [0, 0.1) is 6.92 Å². The van der Waals surface area contributed by atoms with Gasteiger partial charge in [0.2, 0.25) is 0 Å². The highest BCUT2D eigenvalue weighted by atomic mass is 32.2. The van der Waals surface area contributed by atoms with Crippen molar-refractivity contribution in [2.75, 3.05) is 6.26 Å². The zero-order chi connectivity index (χ0) is 13.2. The SMILES string of the molecule is [CH2]C(c1ccccc1)c1ccc(S(C)(=O)=O)cc1. The van der Waals surface area contributed by atoms with E-state index in [4.69, 9.17) is 0 Å². The molecule has 0 aliphatic carbocycles. The second kappa shape index (κ2) is 4.94. The van der Waals surface area contributed by atoms with E-state index in [9.17, 15) is 8.42 Å². The second-order valence-electron chi connectivity index (χ2n) is 4.30. The smallest absolute Gasteiger partial charge is 0.175 e. The molecule has 0 saturated carbocycles. The van der Waals surface area contributed by atoms with Crippen molar-refractivity contribution in [3.63, 3.8) is 0 Å². The zero-order valence-electron chi connectivity index (χ0n) is 10.2. The molecule has 1 unspecified atom stereocenters. The summed E-state index contributed by atoms with van der Waals surface area (Å²) in [5, 5.41) is 0. The van der Waals surface area contributed by atoms with E-state index in [1.54, 1.807) is 12.1 Å². The third-order valence-corrected chi connectivity index (χ3v) is 4.04. The lowest BCUT2D eigenvalue weighted by atomic mass is 9.93. The van der Waals surface area contributed by atoms with Gasteiger partial charge in [0.1, 0.15) is 0 Å². The normalized spacial score (nSPS) is 13.2. The van der Waals surface area contributed by atoms with Gasteiger partial charge in [-0.1, -0.05) is 42.5 Å². The Morgan fingerprint density at radius 3 is 1.89 bits per heavy atom. The van der Waals surface area contributed by atoms with E-state index < -0.39 is 9.84 Å². The fraction of sp³-hybridized carbons (Fsp3) is 0.133. The molecule has 0 aliphatic heterocycles. The molecule has 0 aromatic heterocycles. The van der Waals surface area contributed by atoms with Crippen molar-refractivity contribution in [3.05, 3.63) is 72.6 Å². The first-order valence-corrected chi connectivity index (χ1v) is 7.55. The van der Waals surface area contributed by atoms with Gasteiger partial charge in [0.05, 0.1) is 4.90 Å². The van der Waals surface area contributed by atoms with E-state index in [1.165, 1.54) is 6.26 Å². The van der Waals surface area contributed by atoms with Crippen LogP contribution < -0.4 is 0 Å². The molecule has 0 fully saturated rings. The summed E-state index contributed by atoms with van der Waals surface area (Å²) in [6.45, 7) is 4.12. The molecule has 2 nitrogen and oxygen atoms in total. The van der Waals surface area contributed by atoms with Gasteiger partial charge in [-0.25, -0.2) is 8.42 Å². The summed E-state index contributed by atoms with van der Waals surface area (Å²) in [6.07, 6.45) is 1.21. The van der Waals surface area contributed by atoms with Crippen molar-refractivity contribution >= 4 is 9.84 Å². The van der Waals surface area contributed by atoms with E-state index in [2.05, 4.69) is 6.92 Å². The summed E-state index contributed by atoms with van der Waals surface area (Å²) in [5.41, 5.74) is 2.12. The number of sulfone groups is 1. The van der Waals surface area contributed by atoms with Crippen molar-refractivity contribution in [2.45, 2.75) is 10.8 Å². The lowest BCUT2D eigenvalue weighted by molar-refractivity contribution is 0.602. The molecule has 93 valence electrons. The molecule has 2 aromatic carbocycles. The van der Waals surface area contributed by atoms with Crippen LogP contribution >= 0.6 is 0 Å². The molecular weight excluding hydrogens is 244 g/mol. The van der Waals surface area contributed by atoms with Gasteiger partial charge in [0, 0.05) is 12.2 Å². The average molecular weight is 259 g/mol. The Morgan fingerprint density at radius 2 is 1.39 bits per heavy atom. The summed E-state index contributed by atoms with van der Waals surface area (Å²) < 4.78 is 22.7. The Balaban J connectivity index is 2.31. The van der Waals surface area contributed by atoms with E-state index in [1.807, 2.05) is 42.5 Å². The summed E-state index contributed by atoms with van der Waals surface area (Å²) >= 11 is 0. The Morgan fingerprint density at radius 1 is 0.889 bits per heavy atom. The summed E-state index contributed by atoms with van der Waals surface area (Å²) in [5.74, 6) is 0.0137. The molecule has 2 rings (SSSR count). The first kappa shape index (κ1) is 12.8. The number of benzene rings is 2. The van der Waals surface area contributed by atoms with Crippen molar-refractivity contribution in [1.82, 2.24) is 0 Å². The molecule has 0 spiro atoms. The van der Waals surface area contributed by atoms with Crippen molar-refractivity contribution < 1.29 is 8.42 Å². The van der Waals surface area contributed by atoms with Crippen molar-refractivity contribution in [3.8, 4) is 0 Å². The predicted octanol–water partition coefficient (Wildman–Crippen LogP) is 3.06. The maximum atomic E-state index is 11.4. The van der Waals surface area contributed by atoms with E-state index >= 15 is 0 Å². The zero-order valence-corrected chi connectivity index (χ0v) is 11.0. The molecule has 0 saturated heterocycles. The van der Waals surface area contributed by atoms with Gasteiger partial charge in [0.25, 0.3) is 0 Å². The van der Waals surface area contributed by atoms with Gasteiger partial charge >= 0.3 is 0 Å². The highest BCUT2D eigenvalue weighted by molar-refractivity contribution is 7.90. The minimum Gasteiger partial charge on any atom is -0.224 e. The Bertz CT molecular complexity index is 613. The highest BCUT2D eigenvalue weighted by Gasteiger charge is 2.10.